The number of hydrogen-bond acceptors (Lipinski definition) is 7. The van der Waals surface area contributed by atoms with Crippen LogP contribution in [0.5, 0.6) is 0 Å². The van der Waals surface area contributed by atoms with Crippen molar-refractivity contribution in [2.45, 2.75) is 56.4 Å². The number of thioether (sulfide) groups is 1. The summed E-state index contributed by atoms with van der Waals surface area (Å²) < 4.78 is 5.53. The van der Waals surface area contributed by atoms with E-state index in [1.54, 1.807) is 11.9 Å². The highest BCUT2D eigenvalue weighted by molar-refractivity contribution is 8.00. The minimum Gasteiger partial charge on any atom is -0.376 e. The second-order valence-electron chi connectivity index (χ2n) is 7.61. The topological polar surface area (TPSA) is 103 Å². The summed E-state index contributed by atoms with van der Waals surface area (Å²) in [6, 6.07) is -0.311. The lowest BCUT2D eigenvalue weighted by Gasteiger charge is -2.50. The Morgan fingerprint density at radius 3 is 2.79 bits per heavy atom. The number of fused-ring (bicyclic) bond motifs is 1. The van der Waals surface area contributed by atoms with Crippen LogP contribution in [0.25, 0.3) is 0 Å². The Morgan fingerprint density at radius 2 is 2.11 bits per heavy atom. The largest absolute Gasteiger partial charge is 0.376 e. The molecule has 3 N–H and O–H groups in total. The summed E-state index contributed by atoms with van der Waals surface area (Å²) in [7, 11) is 3.21. The van der Waals surface area contributed by atoms with E-state index in [1.165, 1.54) is 18.8 Å². The standard InChI is InChI=1S/C18H31N5O4S/c1-4-6-12-20-15-14(17(25)23(3)18(26)22(15)2)16(21-12)28-10-13(24)19-9-11-7-5-8-27-11/h11-12,14-16,20-21H,4-10H2,1-3H3,(H,19,24). The van der Waals surface area contributed by atoms with Gasteiger partial charge >= 0.3 is 6.03 Å². The van der Waals surface area contributed by atoms with E-state index in [2.05, 4.69) is 22.9 Å². The lowest BCUT2D eigenvalue weighted by molar-refractivity contribution is -0.140. The van der Waals surface area contributed by atoms with Gasteiger partial charge in [0.15, 0.2) is 0 Å². The first-order valence-electron chi connectivity index (χ1n) is 9.98. The molecule has 5 atom stereocenters. The second kappa shape index (κ2) is 9.43. The van der Waals surface area contributed by atoms with Crippen molar-refractivity contribution >= 4 is 29.6 Å². The van der Waals surface area contributed by atoms with Crippen LogP contribution < -0.4 is 16.0 Å². The first kappa shape index (κ1) is 21.4. The number of rotatable bonds is 7. The molecule has 0 aromatic rings. The van der Waals surface area contributed by atoms with Crippen LogP contribution in [0.4, 0.5) is 4.79 Å². The summed E-state index contributed by atoms with van der Waals surface area (Å²) in [6.07, 6.45) is 3.58. The molecule has 0 aromatic heterocycles. The Labute approximate surface area is 170 Å². The maximum atomic E-state index is 12.8. The highest BCUT2D eigenvalue weighted by Crippen LogP contribution is 2.31. The van der Waals surface area contributed by atoms with Gasteiger partial charge in [-0.1, -0.05) is 13.3 Å². The fraction of sp³-hybridized carbons (Fsp3) is 0.833. The van der Waals surface area contributed by atoms with Gasteiger partial charge in [0.25, 0.3) is 0 Å². The molecule has 0 saturated carbocycles. The summed E-state index contributed by atoms with van der Waals surface area (Å²) in [5.74, 6) is -0.483. The third-order valence-corrected chi connectivity index (χ3v) is 6.76. The first-order valence-corrected chi connectivity index (χ1v) is 11.0. The number of nitrogens with zero attached hydrogens (tertiary/aromatic N) is 2. The average molecular weight is 414 g/mol. The first-order chi connectivity index (χ1) is 13.4. The molecule has 3 saturated heterocycles. The Hall–Kier alpha value is -1.36. The minimum absolute atomic E-state index is 0.00911. The van der Waals surface area contributed by atoms with Gasteiger partial charge in [-0.05, 0) is 19.3 Å². The Kier molecular flexibility index (Phi) is 7.19. The molecule has 158 valence electrons. The molecule has 3 fully saturated rings. The van der Waals surface area contributed by atoms with Gasteiger partial charge in [0, 0.05) is 27.2 Å². The van der Waals surface area contributed by atoms with E-state index < -0.39 is 5.92 Å². The maximum absolute atomic E-state index is 12.8. The van der Waals surface area contributed by atoms with Gasteiger partial charge in [0.2, 0.25) is 11.8 Å². The number of ether oxygens (including phenoxy) is 1. The molecule has 0 bridgehead atoms. The molecule has 5 unspecified atom stereocenters. The van der Waals surface area contributed by atoms with Crippen LogP contribution in [0.3, 0.4) is 0 Å². The SMILES string of the molecule is CCCC1NC(SCC(=O)NCC2CCCO2)C2C(=O)N(C)C(=O)N(C)C2N1. The van der Waals surface area contributed by atoms with E-state index in [1.807, 2.05) is 0 Å². The fourth-order valence-corrected chi connectivity index (χ4v) is 5.14. The van der Waals surface area contributed by atoms with Crippen molar-refractivity contribution in [1.29, 1.82) is 0 Å². The van der Waals surface area contributed by atoms with E-state index in [-0.39, 0.29) is 47.4 Å². The normalized spacial score (nSPS) is 33.2. The van der Waals surface area contributed by atoms with Crippen molar-refractivity contribution < 1.29 is 19.1 Å². The Balaban J connectivity index is 1.62. The minimum atomic E-state index is -0.447. The van der Waals surface area contributed by atoms with Crippen LogP contribution in [0.2, 0.25) is 0 Å². The summed E-state index contributed by atoms with van der Waals surface area (Å²) in [5.41, 5.74) is 0. The monoisotopic (exact) mass is 413 g/mol. The van der Waals surface area contributed by atoms with Crippen LogP contribution >= 0.6 is 11.8 Å². The number of carbonyl (C=O) groups excluding carboxylic acids is 3. The second-order valence-corrected chi connectivity index (χ2v) is 8.74. The maximum Gasteiger partial charge on any atom is 0.327 e. The molecule has 10 heteroatoms. The Morgan fingerprint density at radius 1 is 1.32 bits per heavy atom. The molecule has 3 rings (SSSR count). The predicted octanol–water partition coefficient (Wildman–Crippen LogP) is 0.126. The van der Waals surface area contributed by atoms with Crippen molar-refractivity contribution in [3.63, 3.8) is 0 Å². The van der Waals surface area contributed by atoms with Gasteiger partial charge in [-0.15, -0.1) is 11.8 Å². The number of imide groups is 1. The lowest BCUT2D eigenvalue weighted by Crippen LogP contribution is -2.74. The van der Waals surface area contributed by atoms with Gasteiger partial charge < -0.3 is 15.0 Å². The van der Waals surface area contributed by atoms with E-state index in [0.29, 0.717) is 6.54 Å². The third-order valence-electron chi connectivity index (χ3n) is 5.55. The predicted molar refractivity (Wildman–Crippen MR) is 106 cm³/mol. The molecule has 0 spiro atoms. The number of urea groups is 1. The summed E-state index contributed by atoms with van der Waals surface area (Å²) in [6.45, 7) is 3.38. The molecular formula is C18H31N5O4S. The van der Waals surface area contributed by atoms with Crippen LogP contribution in [0.15, 0.2) is 0 Å². The molecule has 0 radical (unpaired) electrons. The highest BCUT2D eigenvalue weighted by Gasteiger charge is 2.50. The summed E-state index contributed by atoms with van der Waals surface area (Å²) in [4.78, 5) is 40.2. The van der Waals surface area contributed by atoms with E-state index >= 15 is 0 Å². The van der Waals surface area contributed by atoms with Crippen LogP contribution in [-0.4, -0.2) is 84.5 Å². The third kappa shape index (κ3) is 4.61. The van der Waals surface area contributed by atoms with Crippen molar-refractivity contribution in [3.8, 4) is 0 Å². The molecule has 28 heavy (non-hydrogen) atoms. The molecule has 0 aliphatic carbocycles. The molecule has 3 aliphatic rings. The zero-order valence-corrected chi connectivity index (χ0v) is 17.6. The van der Waals surface area contributed by atoms with Gasteiger partial charge in [0.1, 0.15) is 0 Å². The zero-order valence-electron chi connectivity index (χ0n) is 16.8. The van der Waals surface area contributed by atoms with Gasteiger partial charge in [0.05, 0.1) is 35.5 Å². The number of hydrogen-bond donors (Lipinski definition) is 3. The molecule has 3 heterocycles. The summed E-state index contributed by atoms with van der Waals surface area (Å²) >= 11 is 1.42. The van der Waals surface area contributed by atoms with E-state index in [9.17, 15) is 14.4 Å². The zero-order chi connectivity index (χ0) is 20.3. The van der Waals surface area contributed by atoms with Crippen LogP contribution in [-0.2, 0) is 14.3 Å². The van der Waals surface area contributed by atoms with E-state index in [0.717, 1.165) is 37.2 Å². The Bertz CT molecular complexity index is 601. The molecule has 4 amide bonds. The summed E-state index contributed by atoms with van der Waals surface area (Å²) in [5, 5.41) is 9.51. The van der Waals surface area contributed by atoms with Crippen LogP contribution in [0, 0.1) is 5.92 Å². The van der Waals surface area contributed by atoms with E-state index in [4.69, 9.17) is 4.74 Å². The smallest absolute Gasteiger partial charge is 0.327 e. The van der Waals surface area contributed by atoms with Gasteiger partial charge in [-0.25, -0.2) is 4.79 Å². The van der Waals surface area contributed by atoms with Crippen molar-refractivity contribution in [2.75, 3.05) is 33.0 Å². The van der Waals surface area contributed by atoms with Gasteiger partial charge in [-0.2, -0.15) is 0 Å². The quantitative estimate of drug-likeness (QED) is 0.545. The van der Waals surface area contributed by atoms with Gasteiger partial charge in [-0.3, -0.25) is 25.1 Å². The van der Waals surface area contributed by atoms with Crippen molar-refractivity contribution in [2.24, 2.45) is 5.92 Å². The lowest BCUT2D eigenvalue weighted by atomic mass is 9.96. The van der Waals surface area contributed by atoms with Crippen LogP contribution in [0.1, 0.15) is 32.6 Å². The molecule has 0 aromatic carbocycles. The van der Waals surface area contributed by atoms with Crippen molar-refractivity contribution in [3.05, 3.63) is 0 Å². The average Bonchev–Trinajstić information content (AvgIpc) is 3.21. The fourth-order valence-electron chi connectivity index (χ4n) is 3.97. The molecular weight excluding hydrogens is 382 g/mol. The number of nitrogens with one attached hydrogen (secondary N) is 3. The van der Waals surface area contributed by atoms with Crippen molar-refractivity contribution in [1.82, 2.24) is 25.8 Å². The number of amides is 4. The molecule has 9 nitrogen and oxygen atoms in total. The number of carbonyl (C=O) groups is 3. The highest BCUT2D eigenvalue weighted by atomic mass is 32.2. The molecule has 3 aliphatic heterocycles.